The molecule has 2 aliphatic carbocycles. The van der Waals surface area contributed by atoms with E-state index in [0.29, 0.717) is 0 Å². The molecule has 0 nitrogen and oxygen atoms in total. The fourth-order valence-corrected chi connectivity index (χ4v) is 4.51. The molecule has 1 saturated carbocycles. The fourth-order valence-electron chi connectivity index (χ4n) is 2.34. The monoisotopic (exact) mass is 210 g/mol. The van der Waals surface area contributed by atoms with E-state index in [4.69, 9.17) is 0 Å². The molecule has 0 amide bonds. The van der Waals surface area contributed by atoms with Gasteiger partial charge in [-0.2, -0.15) is 0 Å². The van der Waals surface area contributed by atoms with Crippen LogP contribution in [0, 0.1) is 11.8 Å². The van der Waals surface area contributed by atoms with Crippen LogP contribution in [0.25, 0.3) is 0 Å². The average Bonchev–Trinajstić information content (AvgIpc) is 2.48. The molecule has 0 spiro atoms. The maximum atomic E-state index is 3.63. The second-order valence-corrected chi connectivity index (χ2v) is 6.71. The predicted octanol–water partition coefficient (Wildman–Crippen LogP) is 2.78. The lowest BCUT2D eigenvalue weighted by atomic mass is 10.0. The molecule has 0 aromatic rings. The van der Waals surface area contributed by atoms with Crippen molar-refractivity contribution in [2.75, 3.05) is 0 Å². The summed E-state index contributed by atoms with van der Waals surface area (Å²) >= 11 is 3.74. The molecule has 0 aromatic carbocycles. The number of hydrogen-bond donors (Lipinski definition) is 0. The highest BCUT2D eigenvalue weighted by atomic mass is 79.9. The molecule has 2 heteroatoms. The summed E-state index contributed by atoms with van der Waals surface area (Å²) in [5.74, 6) is 2.02. The smallest absolute Gasteiger partial charge is 0.306 e. The van der Waals surface area contributed by atoms with E-state index in [2.05, 4.69) is 19.0 Å². The lowest BCUT2D eigenvalue weighted by Gasteiger charge is -2.11. The normalized spacial score (nSPS) is 35.9. The summed E-state index contributed by atoms with van der Waals surface area (Å²) in [5, 5.41) is 0. The summed E-state index contributed by atoms with van der Waals surface area (Å²) in [6, 6.07) is 0. The lowest BCUT2D eigenvalue weighted by Crippen LogP contribution is -1.97. The van der Waals surface area contributed by atoms with Crippen molar-refractivity contribution >= 4 is 31.1 Å². The molecule has 10 heavy (non-hydrogen) atoms. The molecular weight excluding hydrogens is 200 g/mol. The van der Waals surface area contributed by atoms with E-state index in [1.54, 1.807) is 5.57 Å². The second kappa shape index (κ2) is 3.16. The van der Waals surface area contributed by atoms with E-state index in [1.165, 1.54) is 23.8 Å². The van der Waals surface area contributed by atoms with Gasteiger partial charge in [0.05, 0.1) is 0 Å². The quantitative estimate of drug-likeness (QED) is 0.487. The van der Waals surface area contributed by atoms with Crippen LogP contribution in [-0.2, 0) is 0 Å². The minimum atomic E-state index is 0.108. The summed E-state index contributed by atoms with van der Waals surface area (Å²) in [5.41, 5.74) is 1.81. The maximum Gasteiger partial charge on any atom is 0.472 e. The molecule has 2 aliphatic rings. The number of fused-ring (bicyclic) bond motifs is 2. The van der Waals surface area contributed by atoms with Crippen LogP contribution >= 0.6 is 12.9 Å². The number of rotatable bonds is 2. The Kier molecular flexibility index (Phi) is 2.41. The molecule has 0 aromatic heterocycles. The van der Waals surface area contributed by atoms with Crippen LogP contribution < -0.4 is 0 Å². The van der Waals surface area contributed by atoms with Crippen molar-refractivity contribution in [3.05, 3.63) is 11.6 Å². The Morgan fingerprint density at radius 1 is 1.60 bits per heavy atom. The van der Waals surface area contributed by atoms with Crippen LogP contribution in [0.4, 0.5) is 0 Å². The largest absolute Gasteiger partial charge is 0.472 e. The number of allylic oxidation sites excluding steroid dienone is 2. The number of halogens is 1. The maximum absolute atomic E-state index is 3.63. The van der Waals surface area contributed by atoms with Crippen molar-refractivity contribution in [1.82, 2.24) is 0 Å². The van der Waals surface area contributed by atoms with Gasteiger partial charge in [-0.25, -0.2) is 0 Å². The zero-order chi connectivity index (χ0) is 6.97. The summed E-state index contributed by atoms with van der Waals surface area (Å²) in [6.45, 7) is 0. The van der Waals surface area contributed by atoms with Crippen LogP contribution in [0.5, 0.6) is 0 Å². The zero-order valence-electron chi connectivity index (χ0n) is 6.15. The minimum absolute atomic E-state index is 0.108. The summed E-state index contributed by atoms with van der Waals surface area (Å²) < 4.78 is 1.43. The molecule has 2 bridgehead atoms. The SMILES string of the molecule is [Br][Mg][CH2]C1=CC2CCC1C2. The van der Waals surface area contributed by atoms with Gasteiger partial charge in [-0.15, -0.1) is 4.55 Å². The van der Waals surface area contributed by atoms with Crippen LogP contribution in [0.2, 0.25) is 4.55 Å². The molecule has 0 saturated heterocycles. The van der Waals surface area contributed by atoms with Crippen molar-refractivity contribution in [2.24, 2.45) is 11.8 Å². The van der Waals surface area contributed by atoms with Gasteiger partial charge in [-0.1, -0.05) is 11.6 Å². The van der Waals surface area contributed by atoms with Gasteiger partial charge < -0.3 is 12.9 Å². The predicted molar refractivity (Wildman–Crippen MR) is 48.4 cm³/mol. The van der Waals surface area contributed by atoms with Crippen molar-refractivity contribution in [3.63, 3.8) is 0 Å². The Labute approximate surface area is 78.0 Å². The molecule has 1 fully saturated rings. The second-order valence-electron chi connectivity index (χ2n) is 3.45. The van der Waals surface area contributed by atoms with Gasteiger partial charge in [0, 0.05) is 0 Å². The van der Waals surface area contributed by atoms with Gasteiger partial charge in [0.15, 0.2) is 0 Å². The molecule has 2 rings (SSSR count). The summed E-state index contributed by atoms with van der Waals surface area (Å²) in [6.07, 6.45) is 7.04. The Morgan fingerprint density at radius 2 is 2.50 bits per heavy atom. The fraction of sp³-hybridized carbons (Fsp3) is 0.750. The highest BCUT2D eigenvalue weighted by Crippen LogP contribution is 2.44. The first kappa shape index (κ1) is 7.63. The van der Waals surface area contributed by atoms with E-state index in [1.807, 2.05) is 0 Å². The Morgan fingerprint density at radius 3 is 3.00 bits per heavy atom. The first-order chi connectivity index (χ1) is 4.90. The number of hydrogen-bond acceptors (Lipinski definition) is 0. The average molecular weight is 211 g/mol. The molecule has 2 unspecified atom stereocenters. The van der Waals surface area contributed by atoms with Crippen LogP contribution in [-0.4, -0.2) is 18.2 Å². The molecule has 2 atom stereocenters. The first-order valence-corrected chi connectivity index (χ1v) is 9.06. The molecule has 0 aliphatic heterocycles. The molecule has 0 heterocycles. The Balaban J connectivity index is 2.03. The van der Waals surface area contributed by atoms with Crippen molar-refractivity contribution in [1.29, 1.82) is 0 Å². The topological polar surface area (TPSA) is 0 Å². The third kappa shape index (κ3) is 1.30. The third-order valence-corrected chi connectivity index (χ3v) is 4.79. The highest BCUT2D eigenvalue weighted by Gasteiger charge is 2.31. The van der Waals surface area contributed by atoms with Gasteiger partial charge in [-0.05, 0) is 31.1 Å². The molecular formula is C8H11BrMg. The van der Waals surface area contributed by atoms with E-state index in [-0.39, 0.29) is 18.2 Å². The summed E-state index contributed by atoms with van der Waals surface area (Å²) in [7, 11) is 0. The molecule has 52 valence electrons. The minimum Gasteiger partial charge on any atom is -0.306 e. The van der Waals surface area contributed by atoms with E-state index >= 15 is 0 Å². The van der Waals surface area contributed by atoms with Crippen LogP contribution in [0.3, 0.4) is 0 Å². The zero-order valence-corrected chi connectivity index (χ0v) is 9.15. The Bertz CT molecular complexity index is 165. The highest BCUT2D eigenvalue weighted by molar-refractivity contribution is 9.23. The first-order valence-electron chi connectivity index (χ1n) is 4.16. The standard InChI is InChI=1S/C8H11.BrH.Mg/c1-6-4-7-2-3-8(6)5-7;;/h4,7-8H,1-3,5H2;1H;/q;;+1/p-1. The van der Waals surface area contributed by atoms with Crippen molar-refractivity contribution < 1.29 is 0 Å². The molecule has 0 radical (unpaired) electrons. The van der Waals surface area contributed by atoms with Crippen LogP contribution in [0.15, 0.2) is 11.6 Å². The van der Waals surface area contributed by atoms with Gasteiger partial charge >= 0.3 is 18.2 Å². The van der Waals surface area contributed by atoms with Crippen molar-refractivity contribution in [2.45, 2.75) is 23.8 Å². The van der Waals surface area contributed by atoms with E-state index in [0.717, 1.165) is 11.8 Å². The lowest BCUT2D eigenvalue weighted by molar-refractivity contribution is 0.657. The van der Waals surface area contributed by atoms with Crippen molar-refractivity contribution in [3.8, 4) is 0 Å². The van der Waals surface area contributed by atoms with E-state index < -0.39 is 0 Å². The van der Waals surface area contributed by atoms with Crippen LogP contribution in [0.1, 0.15) is 19.3 Å². The van der Waals surface area contributed by atoms with Gasteiger partial charge in [0.2, 0.25) is 0 Å². The van der Waals surface area contributed by atoms with Gasteiger partial charge in [0.1, 0.15) is 0 Å². The molecule has 0 N–H and O–H groups in total. The van der Waals surface area contributed by atoms with Gasteiger partial charge in [-0.3, -0.25) is 0 Å². The van der Waals surface area contributed by atoms with Gasteiger partial charge in [0.25, 0.3) is 0 Å². The summed E-state index contributed by atoms with van der Waals surface area (Å²) in [4.78, 5) is 0. The third-order valence-electron chi connectivity index (χ3n) is 2.83. The Hall–Kier alpha value is 0.986. The van der Waals surface area contributed by atoms with E-state index in [9.17, 15) is 0 Å².